The van der Waals surface area contributed by atoms with Crippen LogP contribution in [0.2, 0.25) is 0 Å². The molecule has 0 aromatic carbocycles. The van der Waals surface area contributed by atoms with Gasteiger partial charge < -0.3 is 0 Å². The largest absolute Gasteiger partial charge is 0.288 e. The Hall–Kier alpha value is -2.17. The molecular weight excluding hydrogens is 240 g/mol. The van der Waals surface area contributed by atoms with Gasteiger partial charge in [-0.05, 0) is 39.0 Å². The Balaban J connectivity index is 2.26. The summed E-state index contributed by atoms with van der Waals surface area (Å²) in [6.07, 6.45) is 5.05. The summed E-state index contributed by atoms with van der Waals surface area (Å²) in [6, 6.07) is 1.74. The summed E-state index contributed by atoms with van der Waals surface area (Å²) in [4.78, 5) is 12.1. The van der Waals surface area contributed by atoms with E-state index in [-0.39, 0.29) is 5.78 Å². The number of ketones is 1. The van der Waals surface area contributed by atoms with Crippen LogP contribution in [-0.4, -0.2) is 25.3 Å². The van der Waals surface area contributed by atoms with Crippen LogP contribution in [0.15, 0.2) is 18.3 Å². The molecule has 0 saturated carbocycles. The molecule has 0 spiro atoms. The number of aromatic nitrogens is 4. The second-order valence-corrected chi connectivity index (χ2v) is 4.44. The maximum atomic E-state index is 12.1. The van der Waals surface area contributed by atoms with Gasteiger partial charge in [0.2, 0.25) is 5.78 Å². The first-order valence-electron chi connectivity index (χ1n) is 6.29. The van der Waals surface area contributed by atoms with Crippen molar-refractivity contribution in [2.24, 2.45) is 7.05 Å². The minimum absolute atomic E-state index is 0.0398. The van der Waals surface area contributed by atoms with Gasteiger partial charge in [0.05, 0.1) is 5.69 Å². The molecule has 5 heteroatoms. The Kier molecular flexibility index (Phi) is 3.64. The van der Waals surface area contributed by atoms with Gasteiger partial charge in [0.25, 0.3) is 0 Å². The average molecular weight is 258 g/mol. The topological polar surface area (TPSA) is 52.7 Å². The van der Waals surface area contributed by atoms with Gasteiger partial charge >= 0.3 is 0 Å². The molecular formula is C14H18N4O. The number of hydrogen-bond donors (Lipinski definition) is 0. The van der Waals surface area contributed by atoms with Gasteiger partial charge in [-0.2, -0.15) is 10.2 Å². The molecule has 0 aliphatic rings. The van der Waals surface area contributed by atoms with Gasteiger partial charge in [-0.25, -0.2) is 0 Å². The minimum atomic E-state index is -0.0398. The molecule has 19 heavy (non-hydrogen) atoms. The van der Waals surface area contributed by atoms with Crippen molar-refractivity contribution < 1.29 is 4.79 Å². The number of hydrogen-bond acceptors (Lipinski definition) is 3. The van der Waals surface area contributed by atoms with E-state index < -0.39 is 0 Å². The van der Waals surface area contributed by atoms with E-state index in [2.05, 4.69) is 10.2 Å². The summed E-state index contributed by atoms with van der Waals surface area (Å²) >= 11 is 0. The predicted octanol–water partition coefficient (Wildman–Crippen LogP) is 2.15. The van der Waals surface area contributed by atoms with Crippen LogP contribution >= 0.6 is 0 Å². The minimum Gasteiger partial charge on any atom is -0.288 e. The van der Waals surface area contributed by atoms with Crippen LogP contribution in [0.5, 0.6) is 0 Å². The van der Waals surface area contributed by atoms with E-state index in [1.54, 1.807) is 23.0 Å². The molecule has 2 heterocycles. The Labute approximate surface area is 112 Å². The summed E-state index contributed by atoms with van der Waals surface area (Å²) < 4.78 is 3.51. The van der Waals surface area contributed by atoms with Gasteiger partial charge in [0.15, 0.2) is 0 Å². The van der Waals surface area contributed by atoms with Crippen LogP contribution in [0.25, 0.3) is 6.08 Å². The third-order valence-corrected chi connectivity index (χ3v) is 3.23. The zero-order valence-electron chi connectivity index (χ0n) is 11.7. The van der Waals surface area contributed by atoms with Gasteiger partial charge in [0.1, 0.15) is 5.69 Å². The van der Waals surface area contributed by atoms with Crippen LogP contribution < -0.4 is 0 Å². The first-order chi connectivity index (χ1) is 9.04. The Morgan fingerprint density at radius 1 is 1.42 bits per heavy atom. The summed E-state index contributed by atoms with van der Waals surface area (Å²) in [7, 11) is 1.90. The fourth-order valence-corrected chi connectivity index (χ4v) is 2.07. The average Bonchev–Trinajstić information content (AvgIpc) is 2.94. The lowest BCUT2D eigenvalue weighted by atomic mass is 10.1. The van der Waals surface area contributed by atoms with Gasteiger partial charge in [-0.3, -0.25) is 14.2 Å². The van der Waals surface area contributed by atoms with Crippen LogP contribution in [0, 0.1) is 13.8 Å². The fourth-order valence-electron chi connectivity index (χ4n) is 2.07. The molecule has 0 fully saturated rings. The second-order valence-electron chi connectivity index (χ2n) is 4.44. The van der Waals surface area contributed by atoms with Crippen LogP contribution in [0.3, 0.4) is 0 Å². The Morgan fingerprint density at radius 3 is 2.74 bits per heavy atom. The number of allylic oxidation sites excluding steroid dienone is 1. The lowest BCUT2D eigenvalue weighted by Gasteiger charge is -2.00. The smallest absolute Gasteiger partial charge is 0.203 e. The molecule has 5 nitrogen and oxygen atoms in total. The Bertz CT molecular complexity index is 634. The van der Waals surface area contributed by atoms with E-state index in [1.165, 1.54) is 0 Å². The molecule has 0 N–H and O–H groups in total. The zero-order valence-corrected chi connectivity index (χ0v) is 11.7. The van der Waals surface area contributed by atoms with Crippen LogP contribution in [-0.2, 0) is 13.6 Å². The van der Waals surface area contributed by atoms with E-state index in [0.717, 1.165) is 17.0 Å². The van der Waals surface area contributed by atoms with Crippen molar-refractivity contribution in [3.8, 4) is 0 Å². The van der Waals surface area contributed by atoms with Crippen molar-refractivity contribution >= 4 is 11.9 Å². The normalized spacial score (nSPS) is 11.4. The SMILES string of the molecule is CCn1nccc1C(=O)/C=C/c1c(C)nn(C)c1C. The standard InChI is InChI=1S/C14H18N4O/c1-5-18-13(8-9-15-18)14(19)7-6-12-10(2)16-17(4)11(12)3/h6-9H,5H2,1-4H3/b7-6+. The summed E-state index contributed by atoms with van der Waals surface area (Å²) in [5, 5.41) is 8.42. The van der Waals surface area contributed by atoms with E-state index in [1.807, 2.05) is 38.6 Å². The molecule has 0 atom stereocenters. The van der Waals surface area contributed by atoms with Crippen molar-refractivity contribution in [3.05, 3.63) is 41.0 Å². The zero-order chi connectivity index (χ0) is 14.0. The molecule has 0 amide bonds. The molecule has 0 radical (unpaired) electrons. The highest BCUT2D eigenvalue weighted by molar-refractivity contribution is 6.05. The predicted molar refractivity (Wildman–Crippen MR) is 73.9 cm³/mol. The number of nitrogens with zero attached hydrogens (tertiary/aromatic N) is 4. The molecule has 0 bridgehead atoms. The fraction of sp³-hybridized carbons (Fsp3) is 0.357. The van der Waals surface area contributed by atoms with E-state index in [4.69, 9.17) is 0 Å². The van der Waals surface area contributed by atoms with Gasteiger partial charge in [-0.1, -0.05) is 0 Å². The molecule has 2 aromatic heterocycles. The number of rotatable bonds is 4. The highest BCUT2D eigenvalue weighted by Gasteiger charge is 2.10. The highest BCUT2D eigenvalue weighted by Crippen LogP contribution is 2.14. The molecule has 0 aliphatic heterocycles. The van der Waals surface area contributed by atoms with Crippen molar-refractivity contribution in [1.82, 2.24) is 19.6 Å². The van der Waals surface area contributed by atoms with Crippen molar-refractivity contribution in [2.75, 3.05) is 0 Å². The van der Waals surface area contributed by atoms with Gasteiger partial charge in [-0.15, -0.1) is 0 Å². The van der Waals surface area contributed by atoms with Crippen molar-refractivity contribution in [1.29, 1.82) is 0 Å². The third-order valence-electron chi connectivity index (χ3n) is 3.23. The molecule has 2 rings (SSSR count). The molecule has 100 valence electrons. The molecule has 2 aromatic rings. The first-order valence-corrected chi connectivity index (χ1v) is 6.29. The van der Waals surface area contributed by atoms with Gasteiger partial charge in [0, 0.05) is 31.0 Å². The number of carbonyl (C=O) groups excluding carboxylic acids is 1. The van der Waals surface area contributed by atoms with E-state index >= 15 is 0 Å². The number of carbonyl (C=O) groups is 1. The summed E-state index contributed by atoms with van der Waals surface area (Å²) in [6.45, 7) is 6.57. The lowest BCUT2D eigenvalue weighted by Crippen LogP contribution is -2.07. The monoisotopic (exact) mass is 258 g/mol. The maximum absolute atomic E-state index is 12.1. The maximum Gasteiger partial charge on any atom is 0.203 e. The third kappa shape index (κ3) is 2.50. The van der Waals surface area contributed by atoms with Crippen LogP contribution in [0.4, 0.5) is 0 Å². The van der Waals surface area contributed by atoms with Crippen molar-refractivity contribution in [2.45, 2.75) is 27.3 Å². The lowest BCUT2D eigenvalue weighted by molar-refractivity contribution is 0.103. The van der Waals surface area contributed by atoms with Crippen LogP contribution in [0.1, 0.15) is 34.4 Å². The molecule has 0 aliphatic carbocycles. The van der Waals surface area contributed by atoms with E-state index in [9.17, 15) is 4.79 Å². The van der Waals surface area contributed by atoms with Crippen molar-refractivity contribution in [3.63, 3.8) is 0 Å². The second kappa shape index (κ2) is 5.22. The molecule has 0 unspecified atom stereocenters. The Morgan fingerprint density at radius 2 is 2.16 bits per heavy atom. The number of aryl methyl sites for hydroxylation is 3. The quantitative estimate of drug-likeness (QED) is 0.623. The summed E-state index contributed by atoms with van der Waals surface area (Å²) in [5.74, 6) is -0.0398. The first kappa shape index (κ1) is 13.3. The summed E-state index contributed by atoms with van der Waals surface area (Å²) in [5.41, 5.74) is 3.58. The van der Waals surface area contributed by atoms with E-state index in [0.29, 0.717) is 12.2 Å². The highest BCUT2D eigenvalue weighted by atomic mass is 16.1. The molecule has 0 saturated heterocycles.